The van der Waals surface area contributed by atoms with E-state index in [9.17, 15) is 40.4 Å². The van der Waals surface area contributed by atoms with E-state index >= 15 is 0 Å². The van der Waals surface area contributed by atoms with E-state index in [1.807, 2.05) is 19.2 Å². The van der Waals surface area contributed by atoms with Gasteiger partial charge in [0.2, 0.25) is 5.91 Å². The lowest BCUT2D eigenvalue weighted by molar-refractivity contribution is -0.143. The Hall–Kier alpha value is -3.02. The molecule has 0 radical (unpaired) electrons. The Morgan fingerprint density at radius 1 is 1.00 bits per heavy atom. The summed E-state index contributed by atoms with van der Waals surface area (Å²) in [5.74, 6) is 0.495. The van der Waals surface area contributed by atoms with Gasteiger partial charge >= 0.3 is 12.4 Å². The molecule has 12 heteroatoms. The minimum Gasteiger partial charge on any atom is -0.380 e. The molecular formula is C24H25F7N2O3. The van der Waals surface area contributed by atoms with E-state index in [2.05, 4.69) is 5.18 Å². The molecule has 0 aromatic heterocycles. The van der Waals surface area contributed by atoms with Crippen LogP contribution in [0.3, 0.4) is 0 Å². The van der Waals surface area contributed by atoms with Crippen molar-refractivity contribution in [3.05, 3.63) is 75.4 Å². The van der Waals surface area contributed by atoms with Crippen LogP contribution in [0.15, 0.2) is 47.6 Å². The van der Waals surface area contributed by atoms with E-state index in [0.29, 0.717) is 43.7 Å². The van der Waals surface area contributed by atoms with Crippen molar-refractivity contribution in [1.82, 2.24) is 4.90 Å². The molecule has 36 heavy (non-hydrogen) atoms. The number of hydrogen-bond acceptors (Lipinski definition) is 4. The number of nitrogens with zero attached hydrogens (tertiary/aromatic N) is 2. The van der Waals surface area contributed by atoms with Gasteiger partial charge in [0, 0.05) is 32.4 Å². The van der Waals surface area contributed by atoms with Gasteiger partial charge in [-0.25, -0.2) is 4.39 Å². The molecule has 2 aromatic carbocycles. The Morgan fingerprint density at radius 3 is 2.03 bits per heavy atom. The van der Waals surface area contributed by atoms with Gasteiger partial charge < -0.3 is 9.64 Å². The van der Waals surface area contributed by atoms with Crippen LogP contribution < -0.4 is 0 Å². The molecule has 0 aliphatic carbocycles. The maximum absolute atomic E-state index is 12.9. The molecule has 1 aliphatic rings. The van der Waals surface area contributed by atoms with Crippen molar-refractivity contribution in [2.45, 2.75) is 38.2 Å². The van der Waals surface area contributed by atoms with E-state index in [1.54, 1.807) is 11.8 Å². The second-order valence-corrected chi connectivity index (χ2v) is 8.49. The number of hydrogen-bond donors (Lipinski definition) is 0. The van der Waals surface area contributed by atoms with Crippen LogP contribution in [0.25, 0.3) is 0 Å². The Balaban J connectivity index is 0.000000255. The average molecular weight is 522 g/mol. The van der Waals surface area contributed by atoms with Crippen LogP contribution in [-0.2, 0) is 28.4 Å². The third-order valence-electron chi connectivity index (χ3n) is 5.60. The molecule has 0 bridgehead atoms. The summed E-state index contributed by atoms with van der Waals surface area (Å²) in [5.41, 5.74) is -2.23. The molecule has 1 unspecified atom stereocenters. The van der Waals surface area contributed by atoms with Crippen molar-refractivity contribution in [2.75, 3.05) is 26.8 Å². The summed E-state index contributed by atoms with van der Waals surface area (Å²) in [6.07, 6.45) is -8.83. The molecule has 0 N–H and O–H groups in total. The van der Waals surface area contributed by atoms with Crippen LogP contribution in [0.5, 0.6) is 0 Å². The van der Waals surface area contributed by atoms with Crippen LogP contribution in [0.2, 0.25) is 0 Å². The summed E-state index contributed by atoms with van der Waals surface area (Å²) in [6.45, 7) is 2.91. The van der Waals surface area contributed by atoms with Crippen LogP contribution in [-0.4, -0.2) is 37.6 Å². The molecule has 1 fully saturated rings. The zero-order chi connectivity index (χ0) is 27.1. The standard InChI is InChI=1S/C15H20FNO2.C9H5F6NO/c1-11(18)17(2)8-12-7-14(10-19-9-12)13-3-5-15(16)6-4-13;10-8(11,12)6-1-5(4-16-17)2-7(3-6)9(13,14)15/h3-6,12,14H,7-10H2,1-2H3;1-3H,4H2/t12-,14?;/m1./s1. The van der Waals surface area contributed by atoms with Gasteiger partial charge in [0.1, 0.15) is 12.4 Å². The lowest BCUT2D eigenvalue weighted by atomic mass is 9.87. The minimum absolute atomic E-state index is 0.00565. The number of carbonyl (C=O) groups is 1. The van der Waals surface area contributed by atoms with Crippen molar-refractivity contribution in [2.24, 2.45) is 11.1 Å². The Kier molecular flexibility index (Phi) is 9.97. The summed E-state index contributed by atoms with van der Waals surface area (Å²) in [4.78, 5) is 22.9. The fraction of sp³-hybridized carbons (Fsp3) is 0.458. The quantitative estimate of drug-likeness (QED) is 0.337. The van der Waals surface area contributed by atoms with Crippen LogP contribution in [0.4, 0.5) is 30.7 Å². The minimum atomic E-state index is -4.90. The first-order valence-electron chi connectivity index (χ1n) is 10.8. The van der Waals surface area contributed by atoms with Gasteiger partial charge in [-0.1, -0.05) is 17.3 Å². The molecule has 1 heterocycles. The molecule has 198 valence electrons. The second-order valence-electron chi connectivity index (χ2n) is 8.49. The van der Waals surface area contributed by atoms with Gasteiger partial charge in [0.05, 0.1) is 24.3 Å². The number of alkyl halides is 6. The number of rotatable bonds is 5. The van der Waals surface area contributed by atoms with Crippen LogP contribution >= 0.6 is 0 Å². The van der Waals surface area contributed by atoms with Gasteiger partial charge in [-0.2, -0.15) is 31.2 Å². The number of ether oxygens (including phenoxy) is 1. The Labute approximate surface area is 203 Å². The number of amides is 1. The van der Waals surface area contributed by atoms with Crippen molar-refractivity contribution in [3.8, 4) is 0 Å². The van der Waals surface area contributed by atoms with E-state index in [4.69, 9.17) is 4.74 Å². The molecule has 3 rings (SSSR count). The summed E-state index contributed by atoms with van der Waals surface area (Å²) < 4.78 is 92.3. The predicted molar refractivity (Wildman–Crippen MR) is 117 cm³/mol. The van der Waals surface area contributed by atoms with E-state index in [0.717, 1.165) is 12.0 Å². The zero-order valence-corrected chi connectivity index (χ0v) is 19.5. The highest BCUT2D eigenvalue weighted by Crippen LogP contribution is 2.36. The number of benzene rings is 2. The van der Waals surface area contributed by atoms with E-state index in [-0.39, 0.29) is 17.8 Å². The fourth-order valence-electron chi connectivity index (χ4n) is 3.71. The van der Waals surface area contributed by atoms with Gasteiger partial charge in [-0.3, -0.25) is 4.79 Å². The first-order valence-corrected chi connectivity index (χ1v) is 10.8. The average Bonchev–Trinajstić information content (AvgIpc) is 2.79. The third-order valence-corrected chi connectivity index (χ3v) is 5.60. The van der Waals surface area contributed by atoms with Gasteiger partial charge in [0.15, 0.2) is 0 Å². The lowest BCUT2D eigenvalue weighted by Gasteiger charge is -2.32. The SMILES string of the molecule is CC(=O)N(C)C[C@@H]1COCC(c2ccc(F)cc2)C1.O=NCc1cc(C(F)(F)F)cc(C(F)(F)F)c1. The van der Waals surface area contributed by atoms with Gasteiger partial charge in [0.25, 0.3) is 0 Å². The zero-order valence-electron chi connectivity index (χ0n) is 19.5. The van der Waals surface area contributed by atoms with E-state index < -0.39 is 35.6 Å². The largest absolute Gasteiger partial charge is 0.416 e. The van der Waals surface area contributed by atoms with Crippen molar-refractivity contribution in [1.29, 1.82) is 0 Å². The molecule has 1 saturated heterocycles. The Morgan fingerprint density at radius 2 is 1.56 bits per heavy atom. The van der Waals surface area contributed by atoms with Crippen LogP contribution in [0, 0.1) is 16.6 Å². The topological polar surface area (TPSA) is 59.0 Å². The predicted octanol–water partition coefficient (Wildman–Crippen LogP) is 6.41. The molecule has 5 nitrogen and oxygen atoms in total. The highest BCUT2D eigenvalue weighted by Gasteiger charge is 2.36. The Bertz CT molecular complexity index is 992. The monoisotopic (exact) mass is 522 g/mol. The summed E-state index contributed by atoms with van der Waals surface area (Å²) in [7, 11) is 1.81. The fourth-order valence-corrected chi connectivity index (χ4v) is 3.71. The second kappa shape index (κ2) is 12.3. The van der Waals surface area contributed by atoms with Crippen molar-refractivity contribution < 1.29 is 40.3 Å². The molecular weight excluding hydrogens is 497 g/mol. The molecule has 2 atom stereocenters. The van der Waals surface area contributed by atoms with Crippen molar-refractivity contribution >= 4 is 5.91 Å². The van der Waals surface area contributed by atoms with Crippen molar-refractivity contribution in [3.63, 3.8) is 0 Å². The highest BCUT2D eigenvalue weighted by molar-refractivity contribution is 5.72. The third kappa shape index (κ3) is 8.89. The molecule has 1 amide bonds. The summed E-state index contributed by atoms with van der Waals surface area (Å²) in [6, 6.07) is 7.55. The van der Waals surface area contributed by atoms with E-state index in [1.165, 1.54) is 12.1 Å². The first kappa shape index (κ1) is 29.2. The normalized spacial score (nSPS) is 18.1. The van der Waals surface area contributed by atoms with Gasteiger partial charge in [-0.05, 0) is 47.9 Å². The van der Waals surface area contributed by atoms with Gasteiger partial charge in [-0.15, -0.1) is 0 Å². The molecule has 1 aliphatic heterocycles. The van der Waals surface area contributed by atoms with Crippen LogP contribution in [0.1, 0.15) is 41.5 Å². The maximum Gasteiger partial charge on any atom is 0.416 e. The smallest absolute Gasteiger partial charge is 0.380 e. The first-order chi connectivity index (χ1) is 16.7. The lowest BCUT2D eigenvalue weighted by Crippen LogP contribution is -2.35. The number of nitroso groups, excluding NO2 is 1. The maximum atomic E-state index is 12.9. The number of halogens is 7. The molecule has 2 aromatic rings. The summed E-state index contributed by atoms with van der Waals surface area (Å²) >= 11 is 0. The summed E-state index contributed by atoms with van der Waals surface area (Å²) in [5, 5.41) is 2.27. The number of carbonyl (C=O) groups excluding carboxylic acids is 1. The molecule has 0 spiro atoms. The molecule has 0 saturated carbocycles. The highest BCUT2D eigenvalue weighted by atomic mass is 19.4.